The van der Waals surface area contributed by atoms with Crippen LogP contribution in [0.1, 0.15) is 16.2 Å². The van der Waals surface area contributed by atoms with Crippen LogP contribution in [-0.2, 0) is 6.42 Å². The Balaban J connectivity index is 1.86. The van der Waals surface area contributed by atoms with E-state index in [1.807, 2.05) is 35.7 Å². The first-order chi connectivity index (χ1) is 12.1. The quantitative estimate of drug-likeness (QED) is 0.735. The molecule has 4 rings (SSSR count). The van der Waals surface area contributed by atoms with Gasteiger partial charge < -0.3 is 9.52 Å². The molecule has 1 aliphatic heterocycles. The normalized spacial score (nSPS) is 16.4. The first-order valence-electron chi connectivity index (χ1n) is 7.82. The van der Waals surface area contributed by atoms with Gasteiger partial charge in [-0.1, -0.05) is 18.2 Å². The van der Waals surface area contributed by atoms with Crippen LogP contribution in [0.4, 0.5) is 5.69 Å². The van der Waals surface area contributed by atoms with Crippen molar-refractivity contribution in [2.45, 2.75) is 23.5 Å². The Labute approximate surface area is 152 Å². The van der Waals surface area contributed by atoms with Crippen molar-refractivity contribution < 1.29 is 9.52 Å². The smallest absolute Gasteiger partial charge is 0.348 e. The van der Waals surface area contributed by atoms with E-state index in [2.05, 4.69) is 6.07 Å². The van der Waals surface area contributed by atoms with Crippen molar-refractivity contribution in [3.8, 4) is 5.75 Å². The summed E-state index contributed by atoms with van der Waals surface area (Å²) >= 11 is 3.34. The molecule has 0 spiro atoms. The highest BCUT2D eigenvalue weighted by atomic mass is 32.2. The van der Waals surface area contributed by atoms with Gasteiger partial charge in [-0.05, 0) is 36.9 Å². The summed E-state index contributed by atoms with van der Waals surface area (Å²) in [5.74, 6) is 0.300. The van der Waals surface area contributed by atoms with Crippen molar-refractivity contribution in [3.63, 3.8) is 0 Å². The fraction of sp³-hybridized carbons (Fsp3) is 0.158. The zero-order valence-electron chi connectivity index (χ0n) is 13.4. The van der Waals surface area contributed by atoms with Gasteiger partial charge in [-0.25, -0.2) is 4.79 Å². The van der Waals surface area contributed by atoms with Crippen molar-refractivity contribution >= 4 is 34.5 Å². The lowest BCUT2D eigenvalue weighted by Crippen LogP contribution is -2.28. The third-order valence-corrected chi connectivity index (χ3v) is 6.13. The average molecular weight is 369 g/mol. The summed E-state index contributed by atoms with van der Waals surface area (Å²) in [5, 5.41) is 12.3. The first-order valence-corrected chi connectivity index (χ1v) is 9.58. The molecule has 4 nitrogen and oxygen atoms in total. The predicted molar refractivity (Wildman–Crippen MR) is 102 cm³/mol. The van der Waals surface area contributed by atoms with E-state index in [0.29, 0.717) is 11.5 Å². The number of aliphatic imine (C=N–C) groups is 1. The van der Waals surface area contributed by atoms with Gasteiger partial charge in [0.1, 0.15) is 17.1 Å². The number of aryl methyl sites for hydroxylation is 1. The summed E-state index contributed by atoms with van der Waals surface area (Å²) in [4.78, 5) is 19.4. The molecule has 0 aliphatic carbocycles. The number of benzene rings is 1. The van der Waals surface area contributed by atoms with E-state index in [0.717, 1.165) is 17.0 Å². The molecular weight excluding hydrogens is 354 g/mol. The Morgan fingerprint density at radius 1 is 1.24 bits per heavy atom. The Morgan fingerprint density at radius 3 is 2.84 bits per heavy atom. The van der Waals surface area contributed by atoms with E-state index >= 15 is 0 Å². The summed E-state index contributed by atoms with van der Waals surface area (Å²) in [6, 6.07) is 13.4. The minimum Gasteiger partial charge on any atom is -0.507 e. The van der Waals surface area contributed by atoms with Gasteiger partial charge in [-0.3, -0.25) is 4.99 Å². The summed E-state index contributed by atoms with van der Waals surface area (Å²) in [6.45, 7) is 1.64. The average Bonchev–Trinajstić information content (AvgIpc) is 3.07. The Morgan fingerprint density at radius 2 is 2.08 bits per heavy atom. The summed E-state index contributed by atoms with van der Waals surface area (Å²) < 4.78 is 5.21. The third kappa shape index (κ3) is 3.15. The van der Waals surface area contributed by atoms with Gasteiger partial charge in [0, 0.05) is 15.8 Å². The van der Waals surface area contributed by atoms with Gasteiger partial charge in [0.25, 0.3) is 0 Å². The van der Waals surface area contributed by atoms with Crippen LogP contribution in [-0.4, -0.2) is 16.1 Å². The third-order valence-electron chi connectivity index (χ3n) is 3.96. The van der Waals surface area contributed by atoms with Crippen LogP contribution in [0.5, 0.6) is 5.75 Å². The van der Waals surface area contributed by atoms with Crippen LogP contribution in [0.2, 0.25) is 0 Å². The second kappa shape index (κ2) is 6.54. The molecule has 0 amide bonds. The fourth-order valence-electron chi connectivity index (χ4n) is 2.86. The summed E-state index contributed by atoms with van der Waals surface area (Å²) in [5.41, 5.74) is 0.995. The number of rotatable bonds is 3. The predicted octanol–water partition coefficient (Wildman–Crippen LogP) is 4.55. The molecule has 6 heteroatoms. The molecule has 2 aromatic heterocycles. The van der Waals surface area contributed by atoms with E-state index in [1.165, 1.54) is 10.9 Å². The highest BCUT2D eigenvalue weighted by Crippen LogP contribution is 2.41. The largest absolute Gasteiger partial charge is 0.507 e. The Kier molecular flexibility index (Phi) is 4.23. The molecule has 1 aromatic carbocycles. The number of aromatic hydroxyl groups is 1. The van der Waals surface area contributed by atoms with E-state index in [9.17, 15) is 9.90 Å². The van der Waals surface area contributed by atoms with Gasteiger partial charge in [0.2, 0.25) is 0 Å². The second-order valence-corrected chi connectivity index (χ2v) is 8.04. The lowest BCUT2D eigenvalue weighted by molar-refractivity contribution is 0.432. The molecule has 3 heterocycles. The molecule has 0 fully saturated rings. The summed E-state index contributed by atoms with van der Waals surface area (Å²) in [7, 11) is 0. The maximum Gasteiger partial charge on any atom is 0.348 e. The molecule has 126 valence electrons. The van der Waals surface area contributed by atoms with Gasteiger partial charge in [0.05, 0.1) is 16.6 Å². The molecule has 0 bridgehead atoms. The summed E-state index contributed by atoms with van der Waals surface area (Å²) in [6.07, 6.45) is 0.738. The lowest BCUT2D eigenvalue weighted by Gasteiger charge is -2.24. The molecule has 0 radical (unpaired) electrons. The van der Waals surface area contributed by atoms with Crippen molar-refractivity contribution in [2.75, 3.05) is 0 Å². The standard InChI is InChI=1S/C19H15NO3S2/c1-11-9-14(21)17(19(22)23-11)18-16(10-12-5-4-8-24-12)25-15-7-3-2-6-13(15)20-18/h2-9,16,21H,10H2,1H3. The van der Waals surface area contributed by atoms with E-state index < -0.39 is 5.63 Å². The zero-order chi connectivity index (χ0) is 17.4. The van der Waals surface area contributed by atoms with Crippen molar-refractivity contribution in [1.82, 2.24) is 0 Å². The highest BCUT2D eigenvalue weighted by Gasteiger charge is 2.30. The van der Waals surface area contributed by atoms with Crippen LogP contribution in [0.3, 0.4) is 0 Å². The monoisotopic (exact) mass is 369 g/mol. The minimum absolute atomic E-state index is 0.0648. The molecule has 25 heavy (non-hydrogen) atoms. The minimum atomic E-state index is -0.549. The molecule has 1 N–H and O–H groups in total. The number of thiophene rings is 1. The van der Waals surface area contributed by atoms with Crippen molar-refractivity contribution in [1.29, 1.82) is 0 Å². The van der Waals surface area contributed by atoms with Crippen LogP contribution in [0.15, 0.2) is 66.9 Å². The number of fused-ring (bicyclic) bond motifs is 1. The topological polar surface area (TPSA) is 62.8 Å². The van der Waals surface area contributed by atoms with Gasteiger partial charge in [-0.15, -0.1) is 23.1 Å². The number of nitrogens with zero attached hydrogens (tertiary/aromatic N) is 1. The number of para-hydroxylation sites is 1. The van der Waals surface area contributed by atoms with Gasteiger partial charge in [0.15, 0.2) is 0 Å². The molecular formula is C19H15NO3S2. The highest BCUT2D eigenvalue weighted by molar-refractivity contribution is 8.01. The molecule has 1 aliphatic rings. The molecule has 0 saturated heterocycles. The number of hydrogen-bond donors (Lipinski definition) is 1. The fourth-order valence-corrected chi connectivity index (χ4v) is 4.96. The van der Waals surface area contributed by atoms with Gasteiger partial charge in [-0.2, -0.15) is 0 Å². The number of thioether (sulfide) groups is 1. The molecule has 1 unspecified atom stereocenters. The van der Waals surface area contributed by atoms with Crippen molar-refractivity contribution in [2.24, 2.45) is 4.99 Å². The zero-order valence-corrected chi connectivity index (χ0v) is 15.1. The van der Waals surface area contributed by atoms with Crippen LogP contribution in [0.25, 0.3) is 0 Å². The van der Waals surface area contributed by atoms with Crippen LogP contribution in [0, 0.1) is 6.92 Å². The van der Waals surface area contributed by atoms with E-state index in [-0.39, 0.29) is 16.6 Å². The lowest BCUT2D eigenvalue weighted by atomic mass is 10.0. The number of hydrogen-bond acceptors (Lipinski definition) is 6. The molecule has 1 atom stereocenters. The Hall–Kier alpha value is -2.31. The SMILES string of the molecule is Cc1cc(O)c(C2=Nc3ccccc3SC2Cc2cccs2)c(=O)o1. The maximum absolute atomic E-state index is 12.4. The van der Waals surface area contributed by atoms with Crippen LogP contribution < -0.4 is 5.63 Å². The second-order valence-electron chi connectivity index (χ2n) is 5.76. The van der Waals surface area contributed by atoms with Crippen LogP contribution >= 0.6 is 23.1 Å². The van der Waals surface area contributed by atoms with E-state index in [1.54, 1.807) is 30.0 Å². The Bertz CT molecular complexity index is 1010. The van der Waals surface area contributed by atoms with Gasteiger partial charge >= 0.3 is 5.63 Å². The van der Waals surface area contributed by atoms with Crippen molar-refractivity contribution in [3.05, 3.63) is 74.5 Å². The van der Waals surface area contributed by atoms with E-state index in [4.69, 9.17) is 9.41 Å². The maximum atomic E-state index is 12.4. The first kappa shape index (κ1) is 16.2. The molecule has 0 saturated carbocycles. The molecule has 3 aromatic rings.